The largest absolute Gasteiger partial charge is 0.522 e. The van der Waals surface area contributed by atoms with Crippen molar-refractivity contribution in [3.63, 3.8) is 0 Å². The second-order valence-electron chi connectivity index (χ2n) is 4.56. The van der Waals surface area contributed by atoms with E-state index in [4.69, 9.17) is 5.73 Å². The predicted molar refractivity (Wildman–Crippen MR) is 89.7 cm³/mol. The monoisotopic (exact) mass is 446 g/mol. The molecular weight excluding hydrogens is 428 g/mol. The topological polar surface area (TPSA) is 79.9 Å². The fraction of sp³-hybridized carbons (Fsp3) is 0.583. The highest BCUT2D eigenvalue weighted by Crippen LogP contribution is 2.15. The summed E-state index contributed by atoms with van der Waals surface area (Å²) >= 11 is 0. The van der Waals surface area contributed by atoms with Crippen molar-refractivity contribution < 1.29 is 17.9 Å². The van der Waals surface area contributed by atoms with Crippen LogP contribution >= 0.6 is 24.0 Å². The van der Waals surface area contributed by atoms with Gasteiger partial charge in [0, 0.05) is 38.6 Å². The third kappa shape index (κ3) is 6.72. The van der Waals surface area contributed by atoms with Crippen molar-refractivity contribution in [3.05, 3.63) is 18.5 Å². The van der Waals surface area contributed by atoms with E-state index in [-0.39, 0.29) is 36.5 Å². The molecule has 11 heteroatoms. The summed E-state index contributed by atoms with van der Waals surface area (Å²) in [4.78, 5) is 16.1. The number of nitrogens with two attached hydrogens (primary N) is 1. The van der Waals surface area contributed by atoms with Crippen LogP contribution < -0.4 is 10.6 Å². The van der Waals surface area contributed by atoms with Gasteiger partial charge in [-0.25, -0.2) is 9.97 Å². The quantitative estimate of drug-likeness (QED) is 0.323. The first-order chi connectivity index (χ1) is 10.5. The Bertz CT molecular complexity index is 493. The minimum atomic E-state index is -4.63. The summed E-state index contributed by atoms with van der Waals surface area (Å²) in [7, 11) is 0. The Morgan fingerprint density at radius 2 is 1.83 bits per heavy atom. The van der Waals surface area contributed by atoms with Gasteiger partial charge in [-0.3, -0.25) is 9.73 Å². The number of anilines is 1. The molecule has 23 heavy (non-hydrogen) atoms. The first-order valence-corrected chi connectivity index (χ1v) is 6.73. The fourth-order valence-corrected chi connectivity index (χ4v) is 2.01. The van der Waals surface area contributed by atoms with Gasteiger partial charge in [0.05, 0.1) is 13.2 Å². The standard InChI is InChI=1S/C12H17F3N6O.HI/c13-12(14,15)22-9-4-17-10(16)20-5-7-21(8-6-20)11-18-2-1-3-19-11;/h1-3H,4-9H2,(H2,16,17);1H. The fourth-order valence-electron chi connectivity index (χ4n) is 2.01. The van der Waals surface area contributed by atoms with Gasteiger partial charge in [-0.1, -0.05) is 0 Å². The summed E-state index contributed by atoms with van der Waals surface area (Å²) in [5.41, 5.74) is 5.77. The molecule has 2 heterocycles. The van der Waals surface area contributed by atoms with E-state index >= 15 is 0 Å². The number of piperazine rings is 1. The van der Waals surface area contributed by atoms with Gasteiger partial charge >= 0.3 is 6.36 Å². The molecule has 0 amide bonds. The highest BCUT2D eigenvalue weighted by molar-refractivity contribution is 14.0. The molecule has 130 valence electrons. The van der Waals surface area contributed by atoms with Crippen molar-refractivity contribution in [2.24, 2.45) is 10.7 Å². The van der Waals surface area contributed by atoms with Crippen molar-refractivity contribution >= 4 is 35.9 Å². The Labute approximate surface area is 148 Å². The first-order valence-electron chi connectivity index (χ1n) is 6.73. The zero-order valence-electron chi connectivity index (χ0n) is 12.2. The number of alkyl halides is 3. The lowest BCUT2D eigenvalue weighted by atomic mass is 10.3. The summed E-state index contributed by atoms with van der Waals surface area (Å²) in [6.45, 7) is 1.87. The van der Waals surface area contributed by atoms with Gasteiger partial charge in [-0.2, -0.15) is 0 Å². The molecule has 0 radical (unpaired) electrons. The van der Waals surface area contributed by atoms with Crippen molar-refractivity contribution in [2.45, 2.75) is 6.36 Å². The zero-order chi connectivity index (χ0) is 16.0. The molecule has 1 aliphatic rings. The highest BCUT2D eigenvalue weighted by atomic mass is 127. The third-order valence-corrected chi connectivity index (χ3v) is 3.07. The average Bonchev–Trinajstić information content (AvgIpc) is 2.51. The number of guanidine groups is 1. The van der Waals surface area contributed by atoms with Crippen molar-refractivity contribution in [2.75, 3.05) is 44.2 Å². The molecular formula is C12H18F3IN6O. The Kier molecular flexibility index (Phi) is 7.75. The second kappa shape index (κ2) is 9.05. The molecule has 0 spiro atoms. The molecule has 7 nitrogen and oxygen atoms in total. The summed E-state index contributed by atoms with van der Waals surface area (Å²) in [6.07, 6.45) is -1.29. The molecule has 0 unspecified atom stereocenters. The smallest absolute Gasteiger partial charge is 0.370 e. The summed E-state index contributed by atoms with van der Waals surface area (Å²) in [5, 5.41) is 0. The van der Waals surface area contributed by atoms with Gasteiger partial charge in [0.15, 0.2) is 5.96 Å². The molecule has 2 rings (SSSR count). The van der Waals surface area contributed by atoms with Crippen molar-refractivity contribution in [3.8, 4) is 0 Å². The van der Waals surface area contributed by atoms with Crippen LogP contribution in [0.3, 0.4) is 0 Å². The van der Waals surface area contributed by atoms with Gasteiger partial charge in [-0.15, -0.1) is 37.1 Å². The number of hydrogen-bond acceptors (Lipinski definition) is 5. The van der Waals surface area contributed by atoms with Gasteiger partial charge in [-0.05, 0) is 6.07 Å². The molecule has 0 saturated carbocycles. The molecule has 0 atom stereocenters. The van der Waals surface area contributed by atoms with Gasteiger partial charge in [0.1, 0.15) is 0 Å². The Morgan fingerprint density at radius 3 is 2.39 bits per heavy atom. The van der Waals surface area contributed by atoms with Crippen LogP contribution in [0.15, 0.2) is 23.5 Å². The average molecular weight is 446 g/mol. The van der Waals surface area contributed by atoms with Crippen molar-refractivity contribution in [1.82, 2.24) is 14.9 Å². The van der Waals surface area contributed by atoms with E-state index in [2.05, 4.69) is 19.7 Å². The van der Waals surface area contributed by atoms with Crippen LogP contribution in [0.1, 0.15) is 0 Å². The lowest BCUT2D eigenvalue weighted by Gasteiger charge is -2.35. The Hall–Kier alpha value is -1.37. The molecule has 1 aromatic heterocycles. The van der Waals surface area contributed by atoms with Crippen LogP contribution in [-0.2, 0) is 4.74 Å². The summed E-state index contributed by atoms with van der Waals surface area (Å²) < 4.78 is 39.1. The van der Waals surface area contributed by atoms with Crippen LogP contribution in [0.5, 0.6) is 0 Å². The minimum absolute atomic E-state index is 0. The number of aromatic nitrogens is 2. The minimum Gasteiger partial charge on any atom is -0.370 e. The van der Waals surface area contributed by atoms with E-state index in [1.165, 1.54) is 0 Å². The number of halogens is 4. The third-order valence-electron chi connectivity index (χ3n) is 3.07. The van der Waals surface area contributed by atoms with Crippen LogP contribution in [0.2, 0.25) is 0 Å². The SMILES string of the molecule is I.NC(=NCCOC(F)(F)F)N1CCN(c2ncccn2)CC1. The lowest BCUT2D eigenvalue weighted by Crippen LogP contribution is -2.51. The maximum Gasteiger partial charge on any atom is 0.522 e. The zero-order valence-corrected chi connectivity index (χ0v) is 14.6. The van der Waals surface area contributed by atoms with Gasteiger partial charge in [0.25, 0.3) is 0 Å². The highest BCUT2D eigenvalue weighted by Gasteiger charge is 2.28. The number of rotatable bonds is 4. The van der Waals surface area contributed by atoms with Crippen LogP contribution in [0.4, 0.5) is 19.1 Å². The number of hydrogen-bond donors (Lipinski definition) is 1. The number of nitrogens with zero attached hydrogens (tertiary/aromatic N) is 5. The molecule has 2 N–H and O–H groups in total. The van der Waals surface area contributed by atoms with Gasteiger partial charge < -0.3 is 15.5 Å². The van der Waals surface area contributed by atoms with E-state index in [9.17, 15) is 13.2 Å². The molecule has 0 bridgehead atoms. The van der Waals surface area contributed by atoms with E-state index in [1.54, 1.807) is 18.5 Å². The molecule has 0 aliphatic carbocycles. The van der Waals surface area contributed by atoms with E-state index in [0.717, 1.165) is 0 Å². The second-order valence-corrected chi connectivity index (χ2v) is 4.56. The predicted octanol–water partition coefficient (Wildman–Crippen LogP) is 1.07. The molecule has 1 saturated heterocycles. The van der Waals surface area contributed by atoms with E-state index < -0.39 is 13.0 Å². The normalized spacial score (nSPS) is 16.2. The Morgan fingerprint density at radius 1 is 1.22 bits per heavy atom. The first kappa shape index (κ1) is 19.7. The van der Waals surface area contributed by atoms with Crippen LogP contribution in [0, 0.1) is 0 Å². The van der Waals surface area contributed by atoms with E-state index in [0.29, 0.717) is 32.1 Å². The molecule has 0 aromatic carbocycles. The summed E-state index contributed by atoms with van der Waals surface area (Å²) in [5.74, 6) is 0.871. The summed E-state index contributed by atoms with van der Waals surface area (Å²) in [6, 6.07) is 1.74. The van der Waals surface area contributed by atoms with E-state index in [1.807, 2.05) is 9.80 Å². The maximum absolute atomic E-state index is 11.8. The van der Waals surface area contributed by atoms with Crippen molar-refractivity contribution in [1.29, 1.82) is 0 Å². The number of aliphatic imine (C=N–C) groups is 1. The molecule has 1 fully saturated rings. The maximum atomic E-state index is 11.8. The number of ether oxygens (including phenoxy) is 1. The molecule has 1 aromatic rings. The van der Waals surface area contributed by atoms with Crippen LogP contribution in [0.25, 0.3) is 0 Å². The Balaban J connectivity index is 0.00000264. The molecule has 1 aliphatic heterocycles. The van der Waals surface area contributed by atoms with Gasteiger partial charge in [0.2, 0.25) is 5.95 Å². The van der Waals surface area contributed by atoms with Crippen LogP contribution in [-0.4, -0.2) is 66.5 Å². The lowest BCUT2D eigenvalue weighted by molar-refractivity contribution is -0.323.